The lowest BCUT2D eigenvalue weighted by atomic mass is 9.82. The number of rotatable bonds is 2. The largest absolute Gasteiger partial charge is 0.486 e. The van der Waals surface area contributed by atoms with Crippen LogP contribution < -0.4 is 14.8 Å². The van der Waals surface area contributed by atoms with Gasteiger partial charge in [-0.2, -0.15) is 0 Å². The van der Waals surface area contributed by atoms with Crippen molar-refractivity contribution < 1.29 is 14.2 Å². The molecule has 8 heteroatoms. The Morgan fingerprint density at radius 2 is 1.89 bits per heavy atom. The zero-order valence-corrected chi connectivity index (χ0v) is 18.4. The smallest absolute Gasteiger partial charge is 0.193 e. The van der Waals surface area contributed by atoms with E-state index in [9.17, 15) is 0 Å². The summed E-state index contributed by atoms with van der Waals surface area (Å²) in [5.41, 5.74) is 1.06. The summed E-state index contributed by atoms with van der Waals surface area (Å²) >= 11 is 6.34. The summed E-state index contributed by atoms with van der Waals surface area (Å²) in [5, 5.41) is 4.08. The van der Waals surface area contributed by atoms with E-state index >= 15 is 0 Å². The molecule has 5 rings (SSSR count). The molecule has 1 aromatic carbocycles. The Labute approximate surface area is 181 Å². The maximum Gasteiger partial charge on any atom is 0.193 e. The normalized spacial score (nSPS) is 30.9. The summed E-state index contributed by atoms with van der Waals surface area (Å²) in [4.78, 5) is 6.87. The number of likely N-dealkylation sites (tertiary alicyclic amines) is 1. The highest BCUT2D eigenvalue weighted by molar-refractivity contribution is 14.0. The van der Waals surface area contributed by atoms with E-state index in [2.05, 4.69) is 15.2 Å². The first-order chi connectivity index (χ1) is 12.7. The third-order valence-corrected chi connectivity index (χ3v) is 6.35. The van der Waals surface area contributed by atoms with Gasteiger partial charge in [-0.15, -0.1) is 24.0 Å². The van der Waals surface area contributed by atoms with Gasteiger partial charge in [-0.25, -0.2) is 0 Å². The number of aliphatic imine (C=N–C) groups is 1. The molecule has 148 valence electrons. The summed E-state index contributed by atoms with van der Waals surface area (Å²) in [7, 11) is 1.85. The number of hydrogen-bond acceptors (Lipinski definition) is 4. The highest BCUT2D eigenvalue weighted by Gasteiger charge is 2.53. The first-order valence-corrected chi connectivity index (χ1v) is 9.80. The number of benzene rings is 1. The van der Waals surface area contributed by atoms with Gasteiger partial charge in [0, 0.05) is 38.5 Å². The number of fused-ring (bicyclic) bond motifs is 6. The minimum absolute atomic E-state index is 0. The molecule has 4 heterocycles. The summed E-state index contributed by atoms with van der Waals surface area (Å²) in [6.45, 7) is 3.82. The van der Waals surface area contributed by atoms with Crippen LogP contribution in [0.1, 0.15) is 18.4 Å². The van der Waals surface area contributed by atoms with Gasteiger partial charge >= 0.3 is 0 Å². The molecule has 0 amide bonds. The predicted molar refractivity (Wildman–Crippen MR) is 115 cm³/mol. The molecule has 27 heavy (non-hydrogen) atoms. The van der Waals surface area contributed by atoms with Crippen LogP contribution in [-0.2, 0) is 11.3 Å². The molecule has 3 saturated heterocycles. The van der Waals surface area contributed by atoms with Crippen molar-refractivity contribution >= 4 is 41.5 Å². The second kappa shape index (κ2) is 7.83. The number of nitrogens with zero attached hydrogens (tertiary/aromatic N) is 2. The van der Waals surface area contributed by atoms with Crippen molar-refractivity contribution in [1.29, 1.82) is 0 Å². The molecule has 0 radical (unpaired) electrons. The Morgan fingerprint density at radius 1 is 1.19 bits per heavy atom. The van der Waals surface area contributed by atoms with E-state index in [4.69, 9.17) is 25.8 Å². The van der Waals surface area contributed by atoms with Crippen LogP contribution >= 0.6 is 35.6 Å². The van der Waals surface area contributed by atoms with Gasteiger partial charge in [-0.3, -0.25) is 4.99 Å². The van der Waals surface area contributed by atoms with Gasteiger partial charge in [-0.05, 0) is 30.5 Å². The van der Waals surface area contributed by atoms with Gasteiger partial charge in [0.1, 0.15) is 13.2 Å². The standard InChI is InChI=1S/C19H24ClN3O3.HI/c1-21-19(23-9-12-13(10-23)16-3-2-15(12)26-16)22-8-11-6-14(20)18-17(7-11)24-4-5-25-18;/h6-7,12-13,15-16H,2-5,8-10H2,1H3,(H,21,22);1H. The lowest BCUT2D eigenvalue weighted by Gasteiger charge is -2.24. The summed E-state index contributed by atoms with van der Waals surface area (Å²) in [5.74, 6) is 3.64. The van der Waals surface area contributed by atoms with Crippen LogP contribution in [0.25, 0.3) is 0 Å². The van der Waals surface area contributed by atoms with Crippen molar-refractivity contribution in [2.45, 2.75) is 31.6 Å². The third-order valence-electron chi connectivity index (χ3n) is 6.07. The molecule has 4 atom stereocenters. The highest BCUT2D eigenvalue weighted by atomic mass is 127. The zero-order chi connectivity index (χ0) is 17.7. The number of ether oxygens (including phenoxy) is 3. The van der Waals surface area contributed by atoms with Crippen molar-refractivity contribution in [3.05, 3.63) is 22.7 Å². The van der Waals surface area contributed by atoms with Crippen LogP contribution in [0.4, 0.5) is 0 Å². The van der Waals surface area contributed by atoms with Crippen molar-refractivity contribution in [3.8, 4) is 11.5 Å². The Hall–Kier alpha value is -0.930. The first kappa shape index (κ1) is 19.4. The van der Waals surface area contributed by atoms with E-state index < -0.39 is 0 Å². The molecular formula is C19H25ClIN3O3. The SMILES string of the molecule is CN=C(NCc1cc(Cl)c2c(c1)OCCO2)N1CC2C3CCC(O3)C2C1.I. The van der Waals surface area contributed by atoms with Crippen LogP contribution in [0, 0.1) is 11.8 Å². The van der Waals surface area contributed by atoms with Crippen LogP contribution in [0.15, 0.2) is 17.1 Å². The summed E-state index contributed by atoms with van der Waals surface area (Å²) in [6, 6.07) is 3.93. The van der Waals surface area contributed by atoms with Crippen LogP contribution in [-0.4, -0.2) is 56.4 Å². The maximum atomic E-state index is 6.34. The molecule has 0 aliphatic carbocycles. The number of halogens is 2. The van der Waals surface area contributed by atoms with Gasteiger partial charge in [0.05, 0.1) is 17.2 Å². The van der Waals surface area contributed by atoms with Gasteiger partial charge in [0.2, 0.25) is 0 Å². The Bertz CT molecular complexity index is 729. The maximum absolute atomic E-state index is 6.34. The molecule has 0 spiro atoms. The lowest BCUT2D eigenvalue weighted by molar-refractivity contribution is 0.0767. The first-order valence-electron chi connectivity index (χ1n) is 9.42. The molecule has 4 aliphatic heterocycles. The molecule has 0 aromatic heterocycles. The van der Waals surface area contributed by atoms with Crippen molar-refractivity contribution in [2.24, 2.45) is 16.8 Å². The van der Waals surface area contributed by atoms with Crippen molar-refractivity contribution in [3.63, 3.8) is 0 Å². The molecule has 6 nitrogen and oxygen atoms in total. The van der Waals surface area contributed by atoms with Gasteiger partial charge in [0.15, 0.2) is 17.5 Å². The van der Waals surface area contributed by atoms with E-state index in [1.165, 1.54) is 12.8 Å². The molecule has 4 aliphatic rings. The van der Waals surface area contributed by atoms with E-state index in [1.54, 1.807) is 0 Å². The summed E-state index contributed by atoms with van der Waals surface area (Å²) in [6.07, 6.45) is 3.37. The molecule has 2 bridgehead atoms. The van der Waals surface area contributed by atoms with Crippen LogP contribution in [0.3, 0.4) is 0 Å². The number of hydrogen-bond donors (Lipinski definition) is 1. The highest BCUT2D eigenvalue weighted by Crippen LogP contribution is 2.47. The monoisotopic (exact) mass is 505 g/mol. The quantitative estimate of drug-likeness (QED) is 0.381. The van der Waals surface area contributed by atoms with Crippen molar-refractivity contribution in [1.82, 2.24) is 10.2 Å². The summed E-state index contributed by atoms with van der Waals surface area (Å²) < 4.78 is 17.3. The minimum Gasteiger partial charge on any atom is -0.486 e. The molecule has 4 unspecified atom stereocenters. The van der Waals surface area contributed by atoms with Gasteiger partial charge < -0.3 is 24.4 Å². The van der Waals surface area contributed by atoms with Crippen molar-refractivity contribution in [2.75, 3.05) is 33.4 Å². The Morgan fingerprint density at radius 3 is 2.59 bits per heavy atom. The number of guanidine groups is 1. The van der Waals surface area contributed by atoms with E-state index in [1.807, 2.05) is 19.2 Å². The van der Waals surface area contributed by atoms with Gasteiger partial charge in [0.25, 0.3) is 0 Å². The Balaban J connectivity index is 0.00000180. The fourth-order valence-electron chi connectivity index (χ4n) is 4.91. The van der Waals surface area contributed by atoms with Gasteiger partial charge in [-0.1, -0.05) is 11.6 Å². The molecule has 3 fully saturated rings. The fraction of sp³-hybridized carbons (Fsp3) is 0.632. The average molecular weight is 506 g/mol. The molecule has 1 aromatic rings. The lowest BCUT2D eigenvalue weighted by Crippen LogP contribution is -2.41. The topological polar surface area (TPSA) is 55.3 Å². The second-order valence-electron chi connectivity index (χ2n) is 7.53. The van der Waals surface area contributed by atoms with Crippen LogP contribution in [0.2, 0.25) is 5.02 Å². The number of nitrogens with one attached hydrogen (secondary N) is 1. The molecular weight excluding hydrogens is 481 g/mol. The molecule has 0 saturated carbocycles. The minimum atomic E-state index is 0. The predicted octanol–water partition coefficient (Wildman–Crippen LogP) is 2.91. The van der Waals surface area contributed by atoms with Crippen LogP contribution in [0.5, 0.6) is 11.5 Å². The third kappa shape index (κ3) is 3.46. The van der Waals surface area contributed by atoms with E-state index in [-0.39, 0.29) is 24.0 Å². The molecule has 1 N–H and O–H groups in total. The average Bonchev–Trinajstić information content (AvgIpc) is 3.36. The fourth-order valence-corrected chi connectivity index (χ4v) is 5.20. The second-order valence-corrected chi connectivity index (χ2v) is 7.93. The zero-order valence-electron chi connectivity index (χ0n) is 15.3. The Kier molecular flexibility index (Phi) is 5.62. The van der Waals surface area contributed by atoms with E-state index in [0.29, 0.717) is 54.6 Å². The van der Waals surface area contributed by atoms with E-state index in [0.717, 1.165) is 30.4 Å².